The Kier molecular flexibility index (Phi) is 30.9. The van der Waals surface area contributed by atoms with Crippen molar-refractivity contribution in [3.05, 3.63) is 0 Å². The van der Waals surface area contributed by atoms with Crippen LogP contribution in [0.5, 0.6) is 0 Å². The summed E-state index contributed by atoms with van der Waals surface area (Å²) >= 11 is 0. The van der Waals surface area contributed by atoms with E-state index in [4.69, 9.17) is 14.6 Å². The average Bonchev–Trinajstić information content (AvgIpc) is 3.39. The van der Waals surface area contributed by atoms with Crippen molar-refractivity contribution < 1.29 is 63.8 Å². The van der Waals surface area contributed by atoms with E-state index in [1.54, 1.807) is 0 Å². The minimum absolute atomic E-state index is 0.0459. The lowest BCUT2D eigenvalue weighted by molar-refractivity contribution is -0.300. The van der Waals surface area contributed by atoms with E-state index in [1.807, 2.05) is 0 Å². The molecule has 0 aromatic rings. The molecule has 6 atom stereocenters. The summed E-state index contributed by atoms with van der Waals surface area (Å²) in [4.78, 5) is 77.0. The number of aliphatic hydroxyl groups excluding tert-OH is 5. The van der Waals surface area contributed by atoms with Crippen molar-refractivity contribution in [1.29, 1.82) is 0 Å². The van der Waals surface area contributed by atoms with Crippen molar-refractivity contribution in [3.8, 4) is 0 Å². The van der Waals surface area contributed by atoms with Crippen LogP contribution in [0.1, 0.15) is 142 Å². The van der Waals surface area contributed by atoms with Crippen LogP contribution < -0.4 is 31.9 Å². The van der Waals surface area contributed by atoms with Gasteiger partial charge in [0.2, 0.25) is 35.4 Å². The van der Waals surface area contributed by atoms with E-state index in [0.29, 0.717) is 83.8 Å². The van der Waals surface area contributed by atoms with Crippen molar-refractivity contribution in [3.63, 3.8) is 0 Å². The normalized spacial score (nSPS) is 21.4. The molecule has 1 heterocycles. The molecule has 0 spiro atoms. The molecule has 2 rings (SSSR count). The molecule has 0 aromatic carbocycles. The van der Waals surface area contributed by atoms with Crippen molar-refractivity contribution in [2.45, 2.75) is 179 Å². The molecule has 1 saturated carbocycles. The first kappa shape index (κ1) is 58.6. The van der Waals surface area contributed by atoms with E-state index in [2.05, 4.69) is 45.7 Å². The number of carbonyl (C=O) groups excluding carboxylic acids is 6. The van der Waals surface area contributed by atoms with Gasteiger partial charge in [-0.25, -0.2) is 0 Å². The number of hydrogen-bond donors (Lipinski definition) is 11. The topological polar surface area (TPSA) is 297 Å². The molecule has 1 saturated heterocycles. The molecule has 0 aromatic heterocycles. The summed E-state index contributed by atoms with van der Waals surface area (Å²) in [6.45, 7) is 4.55. The second kappa shape index (κ2) is 34.7. The maximum atomic E-state index is 13.0. The van der Waals surface area contributed by atoms with E-state index in [-0.39, 0.29) is 99.3 Å². The highest BCUT2D eigenvalue weighted by molar-refractivity contribution is 5.84. The Morgan fingerprint density at radius 3 is 1.48 bits per heavy atom. The first-order valence-corrected chi connectivity index (χ1v) is 24.6. The fourth-order valence-electron chi connectivity index (χ4n) is 8.14. The van der Waals surface area contributed by atoms with Crippen molar-refractivity contribution >= 4 is 35.4 Å². The molecule has 382 valence electrons. The Bertz CT molecular complexity index is 1400. The predicted octanol–water partition coefficient (Wildman–Crippen LogP) is 0.00480. The van der Waals surface area contributed by atoms with Crippen molar-refractivity contribution in [2.75, 3.05) is 72.2 Å². The molecule has 20 nitrogen and oxygen atoms in total. The van der Waals surface area contributed by atoms with Crippen molar-refractivity contribution in [2.24, 2.45) is 5.41 Å². The highest BCUT2D eigenvalue weighted by Gasteiger charge is 2.44. The Hall–Kier alpha value is -3.50. The van der Waals surface area contributed by atoms with Gasteiger partial charge in [-0.1, -0.05) is 64.7 Å². The molecule has 0 radical (unpaired) electrons. The summed E-state index contributed by atoms with van der Waals surface area (Å²) in [5.74, 6) is -1.35. The van der Waals surface area contributed by atoms with Crippen LogP contribution in [0.15, 0.2) is 0 Å². The van der Waals surface area contributed by atoms with E-state index in [0.717, 1.165) is 19.3 Å². The summed E-state index contributed by atoms with van der Waals surface area (Å²) in [6.07, 6.45) is 9.68. The largest absolute Gasteiger partial charge is 0.395 e. The van der Waals surface area contributed by atoms with Gasteiger partial charge in [0.15, 0.2) is 6.29 Å². The van der Waals surface area contributed by atoms with Gasteiger partial charge in [0.05, 0.1) is 39.5 Å². The van der Waals surface area contributed by atoms with Crippen LogP contribution in [0.2, 0.25) is 0 Å². The minimum Gasteiger partial charge on any atom is -0.395 e. The van der Waals surface area contributed by atoms with Gasteiger partial charge in [-0.3, -0.25) is 33.7 Å². The first-order valence-electron chi connectivity index (χ1n) is 24.6. The Balaban J connectivity index is 1.71. The van der Waals surface area contributed by atoms with Crippen LogP contribution in [0, 0.1) is 5.41 Å². The van der Waals surface area contributed by atoms with E-state index < -0.39 is 37.3 Å². The van der Waals surface area contributed by atoms with Gasteiger partial charge < -0.3 is 66.9 Å². The number of amides is 6. The summed E-state index contributed by atoms with van der Waals surface area (Å²) in [6, 6.07) is 0.114. The zero-order valence-electron chi connectivity index (χ0n) is 39.8. The van der Waals surface area contributed by atoms with Crippen LogP contribution in [-0.4, -0.2) is 175 Å². The number of nitrogens with one attached hydrogen (secondary N) is 6. The van der Waals surface area contributed by atoms with Crippen LogP contribution in [0.3, 0.4) is 0 Å². The quantitative estimate of drug-likeness (QED) is 0.0387. The van der Waals surface area contributed by atoms with Crippen LogP contribution in [0.25, 0.3) is 0 Å². The number of aliphatic hydroxyl groups is 5. The summed E-state index contributed by atoms with van der Waals surface area (Å²) in [7, 11) is 0. The number of ether oxygens (including phenoxy) is 2. The Labute approximate surface area is 391 Å². The zero-order chi connectivity index (χ0) is 48.6. The standard InChI is InChI=1S/C46H85N7O13/c1-34(46(2)21-13-5-3-4-6-14-22-46)52-38(58)20-12-9-17-25-49-41(61)32-53(30-39(59)47-23-15-7-10-18-36(56)50-26-28-54)31-40(60)48-24-16-8-11-19-37(57)51-27-29-65-45-44(64)43(63)42(62)35(33-55)66-45/h34-35,42-45,54-55,62-64H,3-33H2,1-2H3,(H,47,59)(H,48,60)(H,49,61)(H,50,56)(H,51,57)(H,52,58). The maximum absolute atomic E-state index is 13.0. The number of hydrogen-bond acceptors (Lipinski definition) is 14. The molecule has 6 unspecified atom stereocenters. The average molecular weight is 944 g/mol. The van der Waals surface area contributed by atoms with Crippen LogP contribution in [0.4, 0.5) is 0 Å². The molecular formula is C46H85N7O13. The summed E-state index contributed by atoms with van der Waals surface area (Å²) in [5.41, 5.74) is 0.108. The molecule has 2 fully saturated rings. The summed E-state index contributed by atoms with van der Waals surface area (Å²) < 4.78 is 10.6. The van der Waals surface area contributed by atoms with E-state index in [1.165, 1.54) is 43.4 Å². The maximum Gasteiger partial charge on any atom is 0.234 e. The van der Waals surface area contributed by atoms with E-state index in [9.17, 15) is 49.2 Å². The van der Waals surface area contributed by atoms with Gasteiger partial charge in [0.25, 0.3) is 0 Å². The number of nitrogens with zero attached hydrogens (tertiary/aromatic N) is 1. The zero-order valence-corrected chi connectivity index (χ0v) is 39.8. The number of rotatable bonds is 33. The van der Waals surface area contributed by atoms with Crippen LogP contribution >= 0.6 is 0 Å². The molecule has 0 bridgehead atoms. The van der Waals surface area contributed by atoms with Gasteiger partial charge in [0.1, 0.15) is 24.4 Å². The van der Waals surface area contributed by atoms with E-state index >= 15 is 0 Å². The van der Waals surface area contributed by atoms with Gasteiger partial charge in [-0.05, 0) is 63.7 Å². The third-order valence-electron chi connectivity index (χ3n) is 12.5. The summed E-state index contributed by atoms with van der Waals surface area (Å²) in [5, 5.41) is 65.0. The molecular weight excluding hydrogens is 859 g/mol. The molecule has 2 aliphatic rings. The first-order chi connectivity index (χ1) is 31.7. The molecule has 1 aliphatic heterocycles. The van der Waals surface area contributed by atoms with Gasteiger partial charge in [0, 0.05) is 58.0 Å². The van der Waals surface area contributed by atoms with Crippen LogP contribution in [-0.2, 0) is 38.2 Å². The Morgan fingerprint density at radius 1 is 0.576 bits per heavy atom. The highest BCUT2D eigenvalue weighted by atomic mass is 16.7. The highest BCUT2D eigenvalue weighted by Crippen LogP contribution is 2.36. The second-order valence-corrected chi connectivity index (χ2v) is 18.2. The monoisotopic (exact) mass is 944 g/mol. The fourth-order valence-corrected chi connectivity index (χ4v) is 8.14. The van der Waals surface area contributed by atoms with Gasteiger partial charge >= 0.3 is 0 Å². The Morgan fingerprint density at radius 2 is 1.02 bits per heavy atom. The molecule has 6 amide bonds. The smallest absolute Gasteiger partial charge is 0.234 e. The lowest BCUT2D eigenvalue weighted by Crippen LogP contribution is -2.59. The molecule has 11 N–H and O–H groups in total. The SMILES string of the molecule is CC(NC(=O)CCCCCNC(=O)CN(CC(=O)NCCCCCC(=O)NCCO)CC(=O)NCCCCCC(=O)NCCOC1OC(CO)C(O)C(O)C1O)C1(C)CCCCCCCC1. The number of carbonyl (C=O) groups is 6. The van der Waals surface area contributed by atoms with Gasteiger partial charge in [-0.15, -0.1) is 0 Å². The van der Waals surface area contributed by atoms with Crippen molar-refractivity contribution in [1.82, 2.24) is 36.8 Å². The minimum atomic E-state index is -1.56. The predicted molar refractivity (Wildman–Crippen MR) is 246 cm³/mol. The lowest BCUT2D eigenvalue weighted by Gasteiger charge is -2.39. The molecule has 66 heavy (non-hydrogen) atoms. The molecule has 1 aliphatic carbocycles. The lowest BCUT2D eigenvalue weighted by atomic mass is 9.75. The number of unbranched alkanes of at least 4 members (excludes halogenated alkanes) is 6. The third-order valence-corrected chi connectivity index (χ3v) is 12.5. The van der Waals surface area contributed by atoms with Gasteiger partial charge in [-0.2, -0.15) is 0 Å². The second-order valence-electron chi connectivity index (χ2n) is 18.2. The fraction of sp³-hybridized carbons (Fsp3) is 0.870. The third kappa shape index (κ3) is 25.6. The molecule has 20 heteroatoms.